The average molecular weight is 396 g/mol. The average Bonchev–Trinajstić information content (AvgIpc) is 2.84. The van der Waals surface area contributed by atoms with Crippen LogP contribution < -0.4 is 9.96 Å². The van der Waals surface area contributed by atoms with E-state index in [1.807, 2.05) is 43.3 Å². The molecule has 1 fully saturated rings. The summed E-state index contributed by atoms with van der Waals surface area (Å²) in [7, 11) is 0. The van der Waals surface area contributed by atoms with Gasteiger partial charge in [0.2, 0.25) is 0 Å². The molecule has 7 nitrogen and oxygen atoms in total. The third-order valence-corrected chi connectivity index (χ3v) is 6.02. The quantitative estimate of drug-likeness (QED) is 0.798. The van der Waals surface area contributed by atoms with E-state index in [9.17, 15) is 15.1 Å². The van der Waals surface area contributed by atoms with Crippen LogP contribution in [0.25, 0.3) is 0 Å². The van der Waals surface area contributed by atoms with E-state index in [1.165, 1.54) is 5.06 Å². The molecule has 1 saturated heterocycles. The number of fused-ring (bicyclic) bond motifs is 2. The Morgan fingerprint density at radius 1 is 1.17 bits per heavy atom. The van der Waals surface area contributed by atoms with Crippen LogP contribution in [0.15, 0.2) is 42.6 Å². The van der Waals surface area contributed by atoms with E-state index in [1.54, 1.807) is 6.20 Å². The predicted octanol–water partition coefficient (Wildman–Crippen LogP) is 3.68. The van der Waals surface area contributed by atoms with Gasteiger partial charge in [0.05, 0.1) is 23.3 Å². The lowest BCUT2D eigenvalue weighted by Gasteiger charge is -2.32. The Balaban J connectivity index is 1.54. The maximum Gasteiger partial charge on any atom is 0.307 e. The third-order valence-electron chi connectivity index (χ3n) is 6.02. The number of aliphatic carboxylic acids is 1. The Hall–Kier alpha value is -2.64. The summed E-state index contributed by atoms with van der Waals surface area (Å²) in [5.41, 5.74) is 2.68. The molecule has 3 heterocycles. The highest BCUT2D eigenvalue weighted by atomic mass is 16.5. The van der Waals surface area contributed by atoms with E-state index >= 15 is 0 Å². The molecule has 2 atom stereocenters. The van der Waals surface area contributed by atoms with Crippen LogP contribution in [0.5, 0.6) is 0 Å². The van der Waals surface area contributed by atoms with Gasteiger partial charge in [-0.1, -0.05) is 18.2 Å². The molecular weight excluding hydrogens is 368 g/mol. The van der Waals surface area contributed by atoms with Crippen LogP contribution in [-0.4, -0.2) is 52.3 Å². The number of piperidine rings is 1. The van der Waals surface area contributed by atoms with E-state index in [2.05, 4.69) is 14.8 Å². The highest BCUT2D eigenvalue weighted by Crippen LogP contribution is 2.43. The van der Waals surface area contributed by atoms with Gasteiger partial charge in [0.1, 0.15) is 5.82 Å². The fraction of sp³-hybridized carbons (Fsp3) is 0.455. The first-order valence-electron chi connectivity index (χ1n) is 10.3. The van der Waals surface area contributed by atoms with E-state index < -0.39 is 5.97 Å². The second kappa shape index (κ2) is 8.39. The lowest BCUT2D eigenvalue weighted by Crippen LogP contribution is -2.39. The lowest BCUT2D eigenvalue weighted by atomic mass is 9.98. The van der Waals surface area contributed by atoms with E-state index in [4.69, 9.17) is 0 Å². The van der Waals surface area contributed by atoms with Gasteiger partial charge < -0.3 is 14.9 Å². The smallest absolute Gasteiger partial charge is 0.307 e. The van der Waals surface area contributed by atoms with E-state index in [0.29, 0.717) is 6.54 Å². The number of carboxylic acids is 1. The van der Waals surface area contributed by atoms with Crippen LogP contribution >= 0.6 is 0 Å². The number of para-hydroxylation sites is 2. The van der Waals surface area contributed by atoms with Gasteiger partial charge in [-0.05, 0) is 57.5 Å². The summed E-state index contributed by atoms with van der Waals surface area (Å²) >= 11 is 0. The number of carboxylic acid groups (broad SMARTS) is 1. The van der Waals surface area contributed by atoms with Crippen molar-refractivity contribution in [2.45, 2.75) is 32.2 Å². The van der Waals surface area contributed by atoms with Gasteiger partial charge in [0.25, 0.3) is 0 Å². The summed E-state index contributed by atoms with van der Waals surface area (Å²) in [4.78, 5) is 20.4. The number of anilines is 3. The van der Waals surface area contributed by atoms with Crippen molar-refractivity contribution in [3.63, 3.8) is 0 Å². The normalized spacial score (nSPS) is 22.0. The maximum absolute atomic E-state index is 11.3. The van der Waals surface area contributed by atoms with E-state index in [0.717, 1.165) is 61.7 Å². The Morgan fingerprint density at radius 2 is 1.97 bits per heavy atom. The molecule has 7 heteroatoms. The first-order valence-corrected chi connectivity index (χ1v) is 10.3. The molecule has 0 bridgehead atoms. The highest BCUT2D eigenvalue weighted by molar-refractivity contribution is 5.79. The number of hydrogen-bond donors (Lipinski definition) is 2. The summed E-state index contributed by atoms with van der Waals surface area (Å²) in [6, 6.07) is 11.5. The van der Waals surface area contributed by atoms with Crippen molar-refractivity contribution in [1.82, 2.24) is 9.88 Å². The number of likely N-dealkylation sites (tertiary alicyclic amines) is 1. The molecule has 154 valence electrons. The Bertz CT molecular complexity index is 823. The standard InChI is InChI=1S/C22H28N4O3/c1-16-18-8-4-11-23-21(18)25(19-9-2-3-10-20(19)26(16)29)14-6-13-24-12-5-7-17(15-24)22(27)28/h2-4,8-11,16-17,29H,5-7,12-15H2,1H3,(H,27,28). The number of carbonyl (C=O) groups is 1. The van der Waals surface area contributed by atoms with Gasteiger partial charge >= 0.3 is 5.97 Å². The molecule has 29 heavy (non-hydrogen) atoms. The van der Waals surface area contributed by atoms with Gasteiger partial charge in [-0.3, -0.25) is 10.0 Å². The number of benzene rings is 1. The second-order valence-electron chi connectivity index (χ2n) is 7.91. The molecule has 0 radical (unpaired) electrons. The topological polar surface area (TPSA) is 80.1 Å². The minimum atomic E-state index is -0.689. The number of hydroxylamine groups is 1. The Labute approximate surface area is 171 Å². The molecule has 4 rings (SSSR count). The summed E-state index contributed by atoms with van der Waals surface area (Å²) in [6.45, 7) is 5.15. The SMILES string of the molecule is CC1c2cccnc2N(CCCN2CCCC(C(=O)O)C2)c2ccccc2N1O. The first kappa shape index (κ1) is 19.7. The van der Waals surface area contributed by atoms with Crippen molar-refractivity contribution >= 4 is 23.2 Å². The Kier molecular flexibility index (Phi) is 5.69. The second-order valence-corrected chi connectivity index (χ2v) is 7.91. The predicted molar refractivity (Wildman–Crippen MR) is 112 cm³/mol. The summed E-state index contributed by atoms with van der Waals surface area (Å²) < 4.78 is 0. The zero-order valence-corrected chi connectivity index (χ0v) is 16.7. The van der Waals surface area contributed by atoms with Crippen LogP contribution in [0.4, 0.5) is 17.2 Å². The minimum absolute atomic E-state index is 0.205. The van der Waals surface area contributed by atoms with Crippen LogP contribution in [-0.2, 0) is 4.79 Å². The molecule has 0 spiro atoms. The summed E-state index contributed by atoms with van der Waals surface area (Å²) in [5, 5.41) is 21.4. The molecule has 0 amide bonds. The molecular formula is C22H28N4O3. The van der Waals surface area contributed by atoms with Crippen LogP contribution in [0.1, 0.15) is 37.8 Å². The number of hydrogen-bond acceptors (Lipinski definition) is 6. The molecule has 1 aromatic heterocycles. The van der Waals surface area contributed by atoms with Gasteiger partial charge in [0.15, 0.2) is 0 Å². The number of rotatable bonds is 5. The van der Waals surface area contributed by atoms with Gasteiger partial charge in [0, 0.05) is 24.8 Å². The monoisotopic (exact) mass is 396 g/mol. The number of pyridine rings is 1. The molecule has 0 aliphatic carbocycles. The van der Waals surface area contributed by atoms with Crippen LogP contribution in [0.3, 0.4) is 0 Å². The molecule has 2 aromatic rings. The third kappa shape index (κ3) is 3.93. The van der Waals surface area contributed by atoms with Crippen molar-refractivity contribution in [1.29, 1.82) is 0 Å². The molecule has 1 aromatic carbocycles. The lowest BCUT2D eigenvalue weighted by molar-refractivity contribution is -0.143. The number of aromatic nitrogens is 1. The Morgan fingerprint density at radius 3 is 2.76 bits per heavy atom. The van der Waals surface area contributed by atoms with Crippen molar-refractivity contribution in [3.05, 3.63) is 48.2 Å². The fourth-order valence-corrected chi connectivity index (χ4v) is 4.44. The van der Waals surface area contributed by atoms with Gasteiger partial charge in [-0.2, -0.15) is 0 Å². The minimum Gasteiger partial charge on any atom is -0.481 e. The molecule has 0 saturated carbocycles. The summed E-state index contributed by atoms with van der Waals surface area (Å²) in [5.74, 6) is -0.0776. The molecule has 2 aliphatic rings. The zero-order chi connectivity index (χ0) is 20.4. The van der Waals surface area contributed by atoms with E-state index in [-0.39, 0.29) is 12.0 Å². The largest absolute Gasteiger partial charge is 0.481 e. The molecule has 2 unspecified atom stereocenters. The van der Waals surface area contributed by atoms with Gasteiger partial charge in [-0.25, -0.2) is 10.0 Å². The van der Waals surface area contributed by atoms with Crippen molar-refractivity contribution in [3.8, 4) is 0 Å². The number of nitrogens with zero attached hydrogens (tertiary/aromatic N) is 4. The van der Waals surface area contributed by atoms with Crippen molar-refractivity contribution < 1.29 is 15.1 Å². The van der Waals surface area contributed by atoms with Crippen LogP contribution in [0.2, 0.25) is 0 Å². The molecule has 2 aliphatic heterocycles. The molecule has 2 N–H and O–H groups in total. The van der Waals surface area contributed by atoms with Gasteiger partial charge in [-0.15, -0.1) is 0 Å². The zero-order valence-electron chi connectivity index (χ0n) is 16.7. The summed E-state index contributed by atoms with van der Waals surface area (Å²) in [6.07, 6.45) is 4.38. The van der Waals surface area contributed by atoms with Crippen LogP contribution in [0, 0.1) is 5.92 Å². The highest BCUT2D eigenvalue weighted by Gasteiger charge is 2.30. The first-order chi connectivity index (χ1) is 14.1. The van der Waals surface area contributed by atoms with Crippen molar-refractivity contribution in [2.75, 3.05) is 36.1 Å². The van der Waals surface area contributed by atoms with Crippen molar-refractivity contribution in [2.24, 2.45) is 5.92 Å². The fourth-order valence-electron chi connectivity index (χ4n) is 4.44. The maximum atomic E-state index is 11.3.